The van der Waals surface area contributed by atoms with Crippen molar-refractivity contribution < 1.29 is 14.6 Å². The molecule has 1 heterocycles. The van der Waals surface area contributed by atoms with Gasteiger partial charge in [-0.25, -0.2) is 0 Å². The lowest BCUT2D eigenvalue weighted by Crippen LogP contribution is -2.29. The summed E-state index contributed by atoms with van der Waals surface area (Å²) in [6.45, 7) is 0. The van der Waals surface area contributed by atoms with Gasteiger partial charge < -0.3 is 15.6 Å². The maximum atomic E-state index is 10.2. The van der Waals surface area contributed by atoms with Crippen LogP contribution in [0.25, 0.3) is 0 Å². The second-order valence-electron chi connectivity index (χ2n) is 1.75. The Balaban J connectivity index is 2.51. The van der Waals surface area contributed by atoms with Gasteiger partial charge in [-0.2, -0.15) is 0 Å². The smallest absolute Gasteiger partial charge is 0.309 e. The molecule has 0 aromatic carbocycles. The number of aliphatic hydroxyl groups is 1. The number of rotatable bonds is 0. The summed E-state index contributed by atoms with van der Waals surface area (Å²) in [6.07, 6.45) is -0.955. The first-order valence-electron chi connectivity index (χ1n) is 2.33. The van der Waals surface area contributed by atoms with Crippen LogP contribution in [-0.4, -0.2) is 23.4 Å². The number of nitrogens with two attached hydrogens (primary N) is 1. The van der Waals surface area contributed by atoms with Crippen LogP contribution in [0.3, 0.4) is 0 Å². The van der Waals surface area contributed by atoms with Gasteiger partial charge in [0.1, 0.15) is 0 Å². The van der Waals surface area contributed by atoms with E-state index in [0.29, 0.717) is 0 Å². The van der Waals surface area contributed by atoms with E-state index in [9.17, 15) is 4.79 Å². The molecule has 1 saturated heterocycles. The molecular formula is C4H7NO3. The minimum absolute atomic E-state index is 0.126. The van der Waals surface area contributed by atoms with Crippen LogP contribution in [-0.2, 0) is 9.53 Å². The second-order valence-corrected chi connectivity index (χ2v) is 1.75. The van der Waals surface area contributed by atoms with Crippen LogP contribution in [0.1, 0.15) is 6.42 Å². The number of carbonyl (C=O) groups is 1. The summed E-state index contributed by atoms with van der Waals surface area (Å²) in [6, 6.07) is -0.525. The van der Waals surface area contributed by atoms with Gasteiger partial charge in [-0.1, -0.05) is 0 Å². The van der Waals surface area contributed by atoms with Crippen LogP contribution in [0.15, 0.2) is 0 Å². The van der Waals surface area contributed by atoms with Crippen molar-refractivity contribution in [3.8, 4) is 0 Å². The van der Waals surface area contributed by atoms with Crippen molar-refractivity contribution in [3.05, 3.63) is 0 Å². The molecule has 8 heavy (non-hydrogen) atoms. The molecule has 1 aliphatic heterocycles. The van der Waals surface area contributed by atoms with Gasteiger partial charge >= 0.3 is 5.97 Å². The van der Waals surface area contributed by atoms with Crippen LogP contribution in [0.4, 0.5) is 0 Å². The molecule has 0 bridgehead atoms. The molecule has 4 heteroatoms. The fourth-order valence-corrected chi connectivity index (χ4v) is 0.563. The summed E-state index contributed by atoms with van der Waals surface area (Å²) in [5.41, 5.74) is 5.17. The average molecular weight is 117 g/mol. The summed E-state index contributed by atoms with van der Waals surface area (Å²) >= 11 is 0. The summed E-state index contributed by atoms with van der Waals surface area (Å²) in [5.74, 6) is -0.426. The molecule has 3 N–H and O–H groups in total. The maximum Gasteiger partial charge on any atom is 0.309 e. The van der Waals surface area contributed by atoms with E-state index in [1.165, 1.54) is 0 Å². The molecule has 0 radical (unpaired) electrons. The zero-order valence-corrected chi connectivity index (χ0v) is 4.20. The second kappa shape index (κ2) is 1.72. The fourth-order valence-electron chi connectivity index (χ4n) is 0.563. The molecule has 0 aliphatic carbocycles. The van der Waals surface area contributed by atoms with E-state index in [1.54, 1.807) is 0 Å². The van der Waals surface area contributed by atoms with Crippen molar-refractivity contribution in [1.29, 1.82) is 0 Å². The molecule has 1 rings (SSSR count). The van der Waals surface area contributed by atoms with Gasteiger partial charge in [0, 0.05) is 0 Å². The summed E-state index contributed by atoms with van der Waals surface area (Å²) in [5, 5.41) is 8.60. The Kier molecular flexibility index (Phi) is 1.19. The van der Waals surface area contributed by atoms with Gasteiger partial charge in [-0.05, 0) is 0 Å². The van der Waals surface area contributed by atoms with E-state index in [-0.39, 0.29) is 6.42 Å². The third kappa shape index (κ3) is 0.801. The highest BCUT2D eigenvalue weighted by Crippen LogP contribution is 2.08. The van der Waals surface area contributed by atoms with Gasteiger partial charge in [0.2, 0.25) is 6.29 Å². The lowest BCUT2D eigenvalue weighted by atomic mass is 10.3. The Morgan fingerprint density at radius 1 is 1.88 bits per heavy atom. The molecule has 0 unspecified atom stereocenters. The molecule has 0 saturated carbocycles. The minimum atomic E-state index is -1.08. The molecule has 0 aromatic rings. The predicted octanol–water partition coefficient (Wildman–Crippen LogP) is -1.42. The van der Waals surface area contributed by atoms with Gasteiger partial charge in [-0.15, -0.1) is 0 Å². The zero-order chi connectivity index (χ0) is 6.15. The molecular weight excluding hydrogens is 110 g/mol. The summed E-state index contributed by atoms with van der Waals surface area (Å²) in [4.78, 5) is 10.2. The highest BCUT2D eigenvalue weighted by Gasteiger charge is 2.29. The molecule has 4 nitrogen and oxygen atoms in total. The van der Waals surface area contributed by atoms with Gasteiger partial charge in [0.15, 0.2) is 0 Å². The van der Waals surface area contributed by atoms with E-state index in [0.717, 1.165) is 0 Å². The predicted molar refractivity (Wildman–Crippen MR) is 24.7 cm³/mol. The third-order valence-electron chi connectivity index (χ3n) is 1.02. The molecule has 46 valence electrons. The topological polar surface area (TPSA) is 72.6 Å². The van der Waals surface area contributed by atoms with E-state index >= 15 is 0 Å². The van der Waals surface area contributed by atoms with Crippen molar-refractivity contribution in [2.75, 3.05) is 0 Å². The number of carbonyl (C=O) groups excluding carboxylic acids is 1. The molecule has 0 amide bonds. The molecule has 1 fully saturated rings. The lowest BCUT2D eigenvalue weighted by Gasteiger charge is -2.02. The number of aliphatic hydroxyl groups excluding tert-OH is 1. The Morgan fingerprint density at radius 3 is 2.62 bits per heavy atom. The van der Waals surface area contributed by atoms with Crippen LogP contribution < -0.4 is 5.73 Å². The monoisotopic (exact) mass is 117 g/mol. The first kappa shape index (κ1) is 5.53. The van der Waals surface area contributed by atoms with Gasteiger partial charge in [0.05, 0.1) is 12.5 Å². The summed E-state index contributed by atoms with van der Waals surface area (Å²) in [7, 11) is 0. The highest BCUT2D eigenvalue weighted by atomic mass is 16.6. The van der Waals surface area contributed by atoms with Crippen molar-refractivity contribution in [1.82, 2.24) is 0 Å². The SMILES string of the molecule is N[C@@H]1CC(=O)O[C@@H]1O. The first-order chi connectivity index (χ1) is 3.70. The Labute approximate surface area is 46.2 Å². The van der Waals surface area contributed by atoms with Crippen molar-refractivity contribution in [3.63, 3.8) is 0 Å². The molecule has 2 atom stereocenters. The lowest BCUT2D eigenvalue weighted by molar-refractivity contribution is -0.154. The van der Waals surface area contributed by atoms with E-state index in [2.05, 4.69) is 4.74 Å². The van der Waals surface area contributed by atoms with Crippen molar-refractivity contribution in [2.24, 2.45) is 5.73 Å². The zero-order valence-electron chi connectivity index (χ0n) is 4.20. The Hall–Kier alpha value is -0.610. The molecule has 0 aromatic heterocycles. The number of hydrogen-bond acceptors (Lipinski definition) is 4. The Bertz CT molecular complexity index is 102. The number of hydrogen-bond donors (Lipinski definition) is 2. The third-order valence-corrected chi connectivity index (χ3v) is 1.02. The van der Waals surface area contributed by atoms with Crippen molar-refractivity contribution >= 4 is 5.97 Å². The fraction of sp³-hybridized carbons (Fsp3) is 0.750. The van der Waals surface area contributed by atoms with E-state index in [1.807, 2.05) is 0 Å². The quantitative estimate of drug-likeness (QED) is 0.382. The summed E-state index contributed by atoms with van der Waals surface area (Å²) < 4.78 is 4.27. The Morgan fingerprint density at radius 2 is 2.50 bits per heavy atom. The molecule has 0 spiro atoms. The normalized spacial score (nSPS) is 37.5. The number of ether oxygens (including phenoxy) is 1. The van der Waals surface area contributed by atoms with E-state index < -0.39 is 18.3 Å². The number of esters is 1. The van der Waals surface area contributed by atoms with Gasteiger partial charge in [-0.3, -0.25) is 4.79 Å². The average Bonchev–Trinajstić information content (AvgIpc) is 1.85. The highest BCUT2D eigenvalue weighted by molar-refractivity contribution is 5.72. The standard InChI is InChI=1S/C4H7NO3/c5-2-1-3(6)8-4(2)7/h2,4,7H,1,5H2/t2-,4+/m1/s1. The minimum Gasteiger partial charge on any atom is -0.434 e. The van der Waals surface area contributed by atoms with Gasteiger partial charge in [0.25, 0.3) is 0 Å². The van der Waals surface area contributed by atoms with Crippen LogP contribution >= 0.6 is 0 Å². The van der Waals surface area contributed by atoms with Crippen LogP contribution in [0.2, 0.25) is 0 Å². The van der Waals surface area contributed by atoms with E-state index in [4.69, 9.17) is 10.8 Å². The first-order valence-corrected chi connectivity index (χ1v) is 2.33. The van der Waals surface area contributed by atoms with Crippen LogP contribution in [0.5, 0.6) is 0 Å². The molecule has 1 aliphatic rings. The number of cyclic esters (lactones) is 1. The maximum absolute atomic E-state index is 10.2. The van der Waals surface area contributed by atoms with Crippen LogP contribution in [0, 0.1) is 0 Å². The largest absolute Gasteiger partial charge is 0.434 e. The van der Waals surface area contributed by atoms with Crippen molar-refractivity contribution in [2.45, 2.75) is 18.8 Å².